The fourth-order valence-corrected chi connectivity index (χ4v) is 0.793. The molecule has 1 atom stereocenters. The normalized spacial score (nSPS) is 28.1. The zero-order chi connectivity index (χ0) is 5.98. The number of rotatable bonds is 1. The Balaban J connectivity index is 2.42. The first kappa shape index (κ1) is 5.85. The van der Waals surface area contributed by atoms with Crippen LogP contribution in [0.4, 0.5) is 0 Å². The smallest absolute Gasteiger partial charge is 0.324 e. The molecule has 0 spiro atoms. The molecule has 8 heavy (non-hydrogen) atoms. The maximum Gasteiger partial charge on any atom is 0.324 e. The van der Waals surface area contributed by atoms with E-state index in [1.54, 1.807) is 0 Å². The predicted molar refractivity (Wildman–Crippen MR) is 28.4 cm³/mol. The van der Waals surface area contributed by atoms with Crippen molar-refractivity contribution in [3.63, 3.8) is 0 Å². The van der Waals surface area contributed by atoms with Gasteiger partial charge in [-0.25, -0.2) is 4.84 Å². The molecule has 1 unspecified atom stereocenters. The number of nitrogens with one attached hydrogen (secondary N) is 1. The lowest BCUT2D eigenvalue weighted by atomic mass is 10.3. The molecule has 3 nitrogen and oxygen atoms in total. The summed E-state index contributed by atoms with van der Waals surface area (Å²) in [4.78, 5) is 12.7. The Kier molecular flexibility index (Phi) is 1.70. The van der Waals surface area contributed by atoms with Crippen molar-refractivity contribution in [2.75, 3.05) is 6.61 Å². The van der Waals surface area contributed by atoms with Crippen molar-refractivity contribution in [2.24, 2.45) is 0 Å². The summed E-state index contributed by atoms with van der Waals surface area (Å²) in [7, 11) is 0. The van der Waals surface area contributed by atoms with Crippen molar-refractivity contribution < 1.29 is 9.53 Å². The van der Waals surface area contributed by atoms with Crippen LogP contribution < -0.4 is 4.84 Å². The first-order valence-corrected chi connectivity index (χ1v) is 2.75. The van der Waals surface area contributed by atoms with Crippen LogP contribution in [0.25, 0.3) is 0 Å². The molecule has 0 saturated carbocycles. The third kappa shape index (κ3) is 0.928. The van der Waals surface area contributed by atoms with Crippen LogP contribution in [0.3, 0.4) is 0 Å². The Morgan fingerprint density at radius 3 is 2.88 bits per heavy atom. The number of ether oxygens (including phenoxy) is 1. The average Bonchev–Trinajstić information content (AvgIpc) is 2.14. The average molecular weight is 136 g/mol. The molecule has 1 aliphatic rings. The molecule has 1 N–H and O–H groups in total. The van der Waals surface area contributed by atoms with Crippen molar-refractivity contribution in [1.82, 2.24) is 4.84 Å². The molecule has 4 heteroatoms. The topological polar surface area (TPSA) is 38.3 Å². The second-order valence-corrected chi connectivity index (χ2v) is 1.84. The largest absolute Gasteiger partial charge is 0.464 e. The number of hydrogen-bond acceptors (Lipinski definition) is 3. The maximum absolute atomic E-state index is 10.4. The molecule has 0 aliphatic carbocycles. The zero-order valence-electron chi connectivity index (χ0n) is 4.19. The van der Waals surface area contributed by atoms with Crippen molar-refractivity contribution in [2.45, 2.75) is 12.5 Å². The van der Waals surface area contributed by atoms with Crippen LogP contribution in [0.5, 0.6) is 0 Å². The van der Waals surface area contributed by atoms with Crippen molar-refractivity contribution in [3.8, 4) is 0 Å². The minimum atomic E-state index is -0.281. The first-order valence-electron chi connectivity index (χ1n) is 2.37. The number of esters is 1. The van der Waals surface area contributed by atoms with Crippen LogP contribution in [0.2, 0.25) is 0 Å². The van der Waals surface area contributed by atoms with E-state index < -0.39 is 0 Å². The van der Waals surface area contributed by atoms with E-state index in [0.29, 0.717) is 13.0 Å². The van der Waals surface area contributed by atoms with Crippen LogP contribution in [0.15, 0.2) is 0 Å². The molecule has 1 rings (SSSR count). The third-order valence-corrected chi connectivity index (χ3v) is 1.33. The van der Waals surface area contributed by atoms with Crippen LogP contribution in [-0.4, -0.2) is 18.6 Å². The van der Waals surface area contributed by atoms with E-state index in [0.717, 1.165) is 0 Å². The molecule has 0 bridgehead atoms. The van der Waals surface area contributed by atoms with Gasteiger partial charge < -0.3 is 4.74 Å². The van der Waals surface area contributed by atoms with Gasteiger partial charge in [-0.05, 0) is 11.8 Å². The van der Waals surface area contributed by atoms with Gasteiger partial charge >= 0.3 is 5.97 Å². The van der Waals surface area contributed by atoms with Crippen LogP contribution in [-0.2, 0) is 9.53 Å². The maximum atomic E-state index is 10.4. The third-order valence-electron chi connectivity index (χ3n) is 1.07. The standard InChI is InChI=1S/C4H6ClNO2/c5-6-3-1-2-8-4(3)7/h3,6H,1-2H2. The molecule has 1 saturated heterocycles. The van der Waals surface area contributed by atoms with Gasteiger partial charge in [0.2, 0.25) is 0 Å². The summed E-state index contributed by atoms with van der Waals surface area (Å²) >= 11 is 5.15. The van der Waals surface area contributed by atoms with Crippen molar-refractivity contribution in [3.05, 3.63) is 0 Å². The molecular weight excluding hydrogens is 130 g/mol. The number of carbonyl (C=O) groups excluding carboxylic acids is 1. The summed E-state index contributed by atoms with van der Waals surface area (Å²) in [5.74, 6) is -0.250. The lowest BCUT2D eigenvalue weighted by molar-refractivity contribution is -0.139. The highest BCUT2D eigenvalue weighted by molar-refractivity contribution is 6.14. The monoisotopic (exact) mass is 135 g/mol. The molecule has 0 aromatic rings. The van der Waals surface area contributed by atoms with Gasteiger partial charge in [0.1, 0.15) is 6.04 Å². The summed E-state index contributed by atoms with van der Waals surface area (Å²) in [6.07, 6.45) is 0.683. The Labute approximate surface area is 52.1 Å². The quantitative estimate of drug-likeness (QED) is 0.408. The molecule has 1 aliphatic heterocycles. The van der Waals surface area contributed by atoms with Gasteiger partial charge in [0.15, 0.2) is 0 Å². The Bertz CT molecular complexity index is 106. The first-order chi connectivity index (χ1) is 3.84. The Hall–Kier alpha value is -0.280. The van der Waals surface area contributed by atoms with Gasteiger partial charge in [0.25, 0.3) is 0 Å². The van der Waals surface area contributed by atoms with Crippen LogP contribution in [0, 0.1) is 0 Å². The highest BCUT2D eigenvalue weighted by atomic mass is 35.5. The Morgan fingerprint density at radius 1 is 1.88 bits per heavy atom. The molecule has 0 amide bonds. The molecular formula is C4H6ClNO2. The highest BCUT2D eigenvalue weighted by Gasteiger charge is 2.24. The van der Waals surface area contributed by atoms with Gasteiger partial charge in [-0.3, -0.25) is 4.79 Å². The predicted octanol–water partition coefficient (Wildman–Crippen LogP) is 0.0453. The van der Waals surface area contributed by atoms with Gasteiger partial charge in [0, 0.05) is 6.42 Å². The van der Waals surface area contributed by atoms with Gasteiger partial charge in [-0.2, -0.15) is 0 Å². The molecule has 0 aromatic carbocycles. The molecule has 0 radical (unpaired) electrons. The lowest BCUT2D eigenvalue weighted by Gasteiger charge is -1.96. The minimum absolute atomic E-state index is 0.250. The SMILES string of the molecule is O=C1OCCC1NCl. The van der Waals surface area contributed by atoms with Gasteiger partial charge in [-0.15, -0.1) is 0 Å². The van der Waals surface area contributed by atoms with E-state index in [1.807, 2.05) is 0 Å². The molecule has 46 valence electrons. The van der Waals surface area contributed by atoms with Crippen LogP contribution >= 0.6 is 11.8 Å². The Morgan fingerprint density at radius 2 is 2.62 bits per heavy atom. The number of halogens is 1. The summed E-state index contributed by atoms with van der Waals surface area (Å²) in [5.41, 5.74) is 0. The summed E-state index contributed by atoms with van der Waals surface area (Å²) in [5, 5.41) is 0. The van der Waals surface area contributed by atoms with Gasteiger partial charge in [0.05, 0.1) is 6.61 Å². The van der Waals surface area contributed by atoms with E-state index in [-0.39, 0.29) is 12.0 Å². The molecule has 1 heterocycles. The zero-order valence-corrected chi connectivity index (χ0v) is 4.94. The van der Waals surface area contributed by atoms with E-state index in [1.165, 1.54) is 0 Å². The van der Waals surface area contributed by atoms with E-state index >= 15 is 0 Å². The summed E-state index contributed by atoms with van der Waals surface area (Å²) < 4.78 is 4.57. The number of carbonyl (C=O) groups is 1. The summed E-state index contributed by atoms with van der Waals surface area (Å²) in [6.45, 7) is 0.489. The number of cyclic esters (lactones) is 1. The van der Waals surface area contributed by atoms with Crippen molar-refractivity contribution in [1.29, 1.82) is 0 Å². The second-order valence-electron chi connectivity index (χ2n) is 1.62. The van der Waals surface area contributed by atoms with E-state index in [2.05, 4.69) is 9.57 Å². The summed E-state index contributed by atoms with van der Waals surface area (Å²) in [6, 6.07) is -0.281. The highest BCUT2D eigenvalue weighted by Crippen LogP contribution is 2.05. The van der Waals surface area contributed by atoms with Crippen LogP contribution in [0.1, 0.15) is 6.42 Å². The fraction of sp³-hybridized carbons (Fsp3) is 0.750. The lowest BCUT2D eigenvalue weighted by Crippen LogP contribution is -2.25. The van der Waals surface area contributed by atoms with E-state index in [9.17, 15) is 4.79 Å². The van der Waals surface area contributed by atoms with E-state index in [4.69, 9.17) is 11.8 Å². The fourth-order valence-electron chi connectivity index (χ4n) is 0.595. The molecule has 1 fully saturated rings. The molecule has 0 aromatic heterocycles. The van der Waals surface area contributed by atoms with Crippen molar-refractivity contribution >= 4 is 17.7 Å². The number of hydrogen-bond donors (Lipinski definition) is 1. The second kappa shape index (κ2) is 2.33. The minimum Gasteiger partial charge on any atom is -0.464 e. The van der Waals surface area contributed by atoms with Gasteiger partial charge in [-0.1, -0.05) is 0 Å².